The molecule has 0 spiro atoms. The van der Waals surface area contributed by atoms with E-state index in [2.05, 4.69) is 28.4 Å². The van der Waals surface area contributed by atoms with E-state index in [1.165, 1.54) is 54.8 Å². The van der Waals surface area contributed by atoms with Crippen molar-refractivity contribution in [2.24, 2.45) is 0 Å². The van der Waals surface area contributed by atoms with Crippen molar-refractivity contribution >= 4 is 29.0 Å². The maximum Gasteiger partial charge on any atom is 0.317 e. The summed E-state index contributed by atoms with van der Waals surface area (Å²) in [7, 11) is 1.81. The molecule has 1 aliphatic rings. The zero-order valence-electron chi connectivity index (χ0n) is 15.2. The van der Waals surface area contributed by atoms with Gasteiger partial charge in [0.25, 0.3) is 0 Å². The number of piperidine rings is 1. The lowest BCUT2D eigenvalue weighted by atomic mass is 10.0. The van der Waals surface area contributed by atoms with Crippen LogP contribution in [0.3, 0.4) is 0 Å². The Morgan fingerprint density at radius 2 is 1.88 bits per heavy atom. The lowest BCUT2D eigenvalue weighted by Gasteiger charge is -2.27. The average molecular weight is 392 g/mol. The van der Waals surface area contributed by atoms with E-state index in [-0.39, 0.29) is 6.03 Å². The molecule has 0 aliphatic carbocycles. The van der Waals surface area contributed by atoms with Crippen LogP contribution in [0.25, 0.3) is 0 Å². The number of carbonyl (C=O) groups is 1. The van der Waals surface area contributed by atoms with Crippen molar-refractivity contribution in [2.45, 2.75) is 38.9 Å². The van der Waals surface area contributed by atoms with E-state index >= 15 is 0 Å². The van der Waals surface area contributed by atoms with Gasteiger partial charge in [0, 0.05) is 25.0 Å². The van der Waals surface area contributed by atoms with Crippen LogP contribution in [0.5, 0.6) is 0 Å². The summed E-state index contributed by atoms with van der Waals surface area (Å²) in [5, 5.41) is 3.04. The molecule has 2 aromatic rings. The van der Waals surface area contributed by atoms with Gasteiger partial charge in [0.1, 0.15) is 0 Å². The number of hydrogen-bond donors (Lipinski definition) is 1. The van der Waals surface area contributed by atoms with Crippen LogP contribution < -0.4 is 5.32 Å². The van der Waals surface area contributed by atoms with Gasteiger partial charge in [-0.3, -0.25) is 4.90 Å². The quantitative estimate of drug-likeness (QED) is 0.772. The fraction of sp³-hybridized carbons (Fsp3) is 0.450. The van der Waals surface area contributed by atoms with Crippen LogP contribution in [-0.4, -0.2) is 36.0 Å². The summed E-state index contributed by atoms with van der Waals surface area (Å²) in [4.78, 5) is 17.7. The Morgan fingerprint density at radius 1 is 1.15 bits per heavy atom. The van der Waals surface area contributed by atoms with E-state index in [1.807, 2.05) is 25.2 Å². The Bertz CT molecular complexity index is 727. The largest absolute Gasteiger partial charge is 0.334 e. The first-order valence-electron chi connectivity index (χ1n) is 9.14. The SMILES string of the molecule is CN(Cc1ccc(Cl)s1)C(=O)NCc1ccccc1CN1CCCCC1. The van der Waals surface area contributed by atoms with Gasteiger partial charge >= 0.3 is 6.03 Å². The fourth-order valence-electron chi connectivity index (χ4n) is 3.29. The van der Waals surface area contributed by atoms with Crippen molar-refractivity contribution in [1.82, 2.24) is 15.1 Å². The first-order valence-corrected chi connectivity index (χ1v) is 10.3. The number of likely N-dealkylation sites (tertiary alicyclic amines) is 1. The van der Waals surface area contributed by atoms with E-state index < -0.39 is 0 Å². The molecule has 26 heavy (non-hydrogen) atoms. The van der Waals surface area contributed by atoms with Crippen molar-refractivity contribution in [1.29, 1.82) is 0 Å². The molecule has 1 aromatic carbocycles. The Hall–Kier alpha value is -1.56. The van der Waals surface area contributed by atoms with Gasteiger partial charge < -0.3 is 10.2 Å². The monoisotopic (exact) mass is 391 g/mol. The lowest BCUT2D eigenvalue weighted by molar-refractivity contribution is 0.206. The van der Waals surface area contributed by atoms with E-state index in [0.717, 1.165) is 15.8 Å². The number of benzene rings is 1. The minimum atomic E-state index is -0.0673. The molecular weight excluding hydrogens is 366 g/mol. The Kier molecular flexibility index (Phi) is 6.94. The molecule has 1 aliphatic heterocycles. The number of urea groups is 1. The van der Waals surface area contributed by atoms with E-state index in [0.29, 0.717) is 13.1 Å². The number of thiophene rings is 1. The highest BCUT2D eigenvalue weighted by atomic mass is 35.5. The molecule has 4 nitrogen and oxygen atoms in total. The molecule has 0 bridgehead atoms. The number of halogens is 1. The summed E-state index contributed by atoms with van der Waals surface area (Å²) in [6.45, 7) is 4.44. The maximum absolute atomic E-state index is 12.4. The maximum atomic E-state index is 12.4. The molecule has 1 fully saturated rings. The Labute approximate surface area is 164 Å². The predicted octanol–water partition coefficient (Wildman–Crippen LogP) is 4.73. The molecule has 140 valence electrons. The number of carbonyl (C=O) groups excluding carboxylic acids is 1. The van der Waals surface area contributed by atoms with Crippen molar-refractivity contribution in [3.8, 4) is 0 Å². The molecule has 6 heteroatoms. The molecule has 0 radical (unpaired) electrons. The number of nitrogens with one attached hydrogen (secondary N) is 1. The van der Waals surface area contributed by atoms with Crippen molar-refractivity contribution in [3.63, 3.8) is 0 Å². The average Bonchev–Trinajstić information content (AvgIpc) is 3.06. The first-order chi connectivity index (χ1) is 12.6. The van der Waals surface area contributed by atoms with Crippen molar-refractivity contribution < 1.29 is 4.79 Å². The molecule has 0 unspecified atom stereocenters. The molecule has 0 atom stereocenters. The van der Waals surface area contributed by atoms with Gasteiger partial charge in [0.05, 0.1) is 10.9 Å². The Morgan fingerprint density at radius 3 is 2.58 bits per heavy atom. The second-order valence-electron chi connectivity index (χ2n) is 6.83. The lowest BCUT2D eigenvalue weighted by Crippen LogP contribution is -2.36. The predicted molar refractivity (Wildman–Crippen MR) is 109 cm³/mol. The van der Waals surface area contributed by atoms with Gasteiger partial charge in [0.15, 0.2) is 0 Å². The van der Waals surface area contributed by atoms with Crippen molar-refractivity contribution in [2.75, 3.05) is 20.1 Å². The number of amides is 2. The smallest absolute Gasteiger partial charge is 0.317 e. The number of hydrogen-bond acceptors (Lipinski definition) is 3. The minimum absolute atomic E-state index is 0.0673. The third-order valence-electron chi connectivity index (χ3n) is 4.76. The van der Waals surface area contributed by atoms with E-state index in [1.54, 1.807) is 4.90 Å². The van der Waals surface area contributed by atoms with Crippen LogP contribution in [-0.2, 0) is 19.6 Å². The van der Waals surface area contributed by atoms with Gasteiger partial charge in [-0.2, -0.15) is 0 Å². The number of rotatable bonds is 6. The first kappa shape index (κ1) is 19.2. The number of nitrogens with zero attached hydrogens (tertiary/aromatic N) is 2. The molecule has 1 N–H and O–H groups in total. The molecular formula is C20H26ClN3OS. The second-order valence-corrected chi connectivity index (χ2v) is 8.63. The van der Waals surface area contributed by atoms with Crippen LogP contribution in [0, 0.1) is 0 Å². The van der Waals surface area contributed by atoms with Crippen LogP contribution in [0.2, 0.25) is 4.34 Å². The highest BCUT2D eigenvalue weighted by Gasteiger charge is 2.14. The van der Waals surface area contributed by atoms with E-state index in [9.17, 15) is 4.79 Å². The van der Waals surface area contributed by atoms with E-state index in [4.69, 9.17) is 11.6 Å². The van der Waals surface area contributed by atoms with Gasteiger partial charge in [-0.15, -0.1) is 11.3 Å². The molecule has 2 amide bonds. The topological polar surface area (TPSA) is 35.6 Å². The zero-order valence-corrected chi connectivity index (χ0v) is 16.8. The summed E-state index contributed by atoms with van der Waals surface area (Å²) in [6, 6.07) is 12.2. The summed E-state index contributed by atoms with van der Waals surface area (Å²) in [5.41, 5.74) is 2.50. The molecule has 1 saturated heterocycles. The molecule has 3 rings (SSSR count). The fourth-order valence-corrected chi connectivity index (χ4v) is 4.43. The summed E-state index contributed by atoms with van der Waals surface area (Å²) < 4.78 is 0.750. The van der Waals surface area contributed by atoms with Crippen LogP contribution >= 0.6 is 22.9 Å². The third-order valence-corrected chi connectivity index (χ3v) is 5.98. The molecule has 1 aromatic heterocycles. The van der Waals surface area contributed by atoms with Gasteiger partial charge in [-0.25, -0.2) is 4.79 Å². The third kappa shape index (κ3) is 5.47. The standard InChI is InChI=1S/C20H26ClN3OS/c1-23(15-18-9-10-19(21)26-18)20(25)22-13-16-7-3-4-8-17(16)14-24-11-5-2-6-12-24/h3-4,7-10H,2,5-6,11-15H2,1H3,(H,22,25). The minimum Gasteiger partial charge on any atom is -0.334 e. The van der Waals surface area contributed by atoms with Gasteiger partial charge in [-0.05, 0) is 49.2 Å². The zero-order chi connectivity index (χ0) is 18.4. The molecule has 0 saturated carbocycles. The Balaban J connectivity index is 1.54. The highest BCUT2D eigenvalue weighted by Crippen LogP contribution is 2.22. The summed E-state index contributed by atoms with van der Waals surface area (Å²) in [6.07, 6.45) is 3.92. The summed E-state index contributed by atoms with van der Waals surface area (Å²) >= 11 is 7.47. The van der Waals surface area contributed by atoms with Crippen LogP contribution in [0.4, 0.5) is 4.79 Å². The van der Waals surface area contributed by atoms with Gasteiger partial charge in [0.2, 0.25) is 0 Å². The van der Waals surface area contributed by atoms with Crippen molar-refractivity contribution in [3.05, 3.63) is 56.7 Å². The highest BCUT2D eigenvalue weighted by molar-refractivity contribution is 7.16. The second kappa shape index (κ2) is 9.40. The summed E-state index contributed by atoms with van der Waals surface area (Å²) in [5.74, 6) is 0. The van der Waals surface area contributed by atoms with Gasteiger partial charge in [-0.1, -0.05) is 42.3 Å². The van der Waals surface area contributed by atoms with Crippen LogP contribution in [0.15, 0.2) is 36.4 Å². The molecule has 2 heterocycles. The van der Waals surface area contributed by atoms with Crippen LogP contribution in [0.1, 0.15) is 35.3 Å². The normalized spacial score (nSPS) is 15.0.